The Labute approximate surface area is 220 Å². The molecule has 3 heterocycles. The van der Waals surface area contributed by atoms with E-state index in [9.17, 15) is 17.6 Å². The molecule has 0 aliphatic carbocycles. The van der Waals surface area contributed by atoms with Crippen molar-refractivity contribution in [2.75, 3.05) is 44.9 Å². The van der Waals surface area contributed by atoms with Gasteiger partial charge < -0.3 is 20.7 Å². The van der Waals surface area contributed by atoms with Gasteiger partial charge in [-0.2, -0.15) is 23.1 Å². The molecule has 38 heavy (non-hydrogen) atoms. The standard InChI is InChI=1S/C21H16F5N5OS.C2H7N.C2H6/c1-32-20-29-15-10(18(30-20)31-6-2-3-7-31)8-11(21(24,25)26)13(14(15)23)9-4-5-12(22)17-16(9)28-19(27)33-17;1-3-2;1-2/h4-5,8H,2-3,6-7H2,1H3,(H2,27,28);3H,1-2H3;1-2H3. The SMILES string of the molecule is CC.CNC.COc1nc(N2CCCC2)c2cc(C(F)(F)F)c(-c3ccc(F)c4sc(N)nc34)c(F)c2n1. The molecular formula is C25H29F5N6OS. The molecule has 1 fully saturated rings. The topological polar surface area (TPSA) is 89.2 Å². The molecule has 0 spiro atoms. The number of thiazole rings is 1. The molecule has 206 valence electrons. The van der Waals surface area contributed by atoms with Crippen LogP contribution in [0.15, 0.2) is 18.2 Å². The predicted molar refractivity (Wildman–Crippen MR) is 142 cm³/mol. The Hall–Kier alpha value is -3.32. The minimum absolute atomic E-state index is 0.0496. The van der Waals surface area contributed by atoms with E-state index in [1.54, 1.807) is 4.90 Å². The summed E-state index contributed by atoms with van der Waals surface area (Å²) in [5.41, 5.74) is 2.95. The zero-order valence-electron chi connectivity index (χ0n) is 21.6. The molecule has 5 rings (SSSR count). The maximum atomic E-state index is 16.0. The Morgan fingerprint density at radius 1 is 1.03 bits per heavy atom. The van der Waals surface area contributed by atoms with Crippen molar-refractivity contribution < 1.29 is 26.7 Å². The zero-order chi connectivity index (χ0) is 28.2. The number of nitrogens with one attached hydrogen (secondary N) is 1. The van der Waals surface area contributed by atoms with Crippen LogP contribution in [0.25, 0.3) is 32.2 Å². The predicted octanol–water partition coefficient (Wildman–Crippen LogP) is 6.26. The summed E-state index contributed by atoms with van der Waals surface area (Å²) >= 11 is 0.771. The van der Waals surface area contributed by atoms with Gasteiger partial charge in [-0.3, -0.25) is 0 Å². The van der Waals surface area contributed by atoms with Crippen LogP contribution in [0.3, 0.4) is 0 Å². The van der Waals surface area contributed by atoms with Gasteiger partial charge in [0.15, 0.2) is 10.9 Å². The van der Waals surface area contributed by atoms with Crippen LogP contribution in [0.4, 0.5) is 32.9 Å². The Balaban J connectivity index is 0.000000748. The molecular weight excluding hydrogens is 527 g/mol. The molecule has 4 aromatic rings. The molecule has 0 unspecified atom stereocenters. The molecule has 0 atom stereocenters. The monoisotopic (exact) mass is 556 g/mol. The molecule has 0 bridgehead atoms. The number of hydrogen-bond acceptors (Lipinski definition) is 8. The van der Waals surface area contributed by atoms with Crippen LogP contribution >= 0.6 is 11.3 Å². The molecule has 1 saturated heterocycles. The second kappa shape index (κ2) is 12.0. The number of methoxy groups -OCH3 is 1. The number of rotatable bonds is 3. The third-order valence-corrected chi connectivity index (χ3v) is 6.46. The lowest BCUT2D eigenvalue weighted by Crippen LogP contribution is -2.20. The van der Waals surface area contributed by atoms with Crippen molar-refractivity contribution in [3.05, 3.63) is 35.4 Å². The van der Waals surface area contributed by atoms with Crippen LogP contribution in [0.2, 0.25) is 0 Å². The first-order valence-electron chi connectivity index (χ1n) is 11.9. The molecule has 1 aliphatic heterocycles. The summed E-state index contributed by atoms with van der Waals surface area (Å²) in [5, 5.41) is 2.62. The van der Waals surface area contributed by atoms with E-state index in [0.717, 1.165) is 42.4 Å². The molecule has 3 N–H and O–H groups in total. The highest BCUT2D eigenvalue weighted by atomic mass is 32.1. The lowest BCUT2D eigenvalue weighted by atomic mass is 9.95. The van der Waals surface area contributed by atoms with Gasteiger partial charge in [-0.15, -0.1) is 0 Å². The third kappa shape index (κ3) is 5.58. The lowest BCUT2D eigenvalue weighted by molar-refractivity contribution is -0.137. The molecule has 2 aromatic carbocycles. The van der Waals surface area contributed by atoms with E-state index < -0.39 is 28.9 Å². The first-order valence-corrected chi connectivity index (χ1v) is 12.8. The van der Waals surface area contributed by atoms with Crippen LogP contribution in [-0.2, 0) is 6.18 Å². The van der Waals surface area contributed by atoms with Crippen molar-refractivity contribution in [2.45, 2.75) is 32.9 Å². The van der Waals surface area contributed by atoms with Gasteiger partial charge in [0.1, 0.15) is 17.2 Å². The number of nitrogen functional groups attached to an aromatic ring is 1. The Morgan fingerprint density at radius 2 is 1.66 bits per heavy atom. The smallest absolute Gasteiger partial charge is 0.417 e. The van der Waals surface area contributed by atoms with Crippen molar-refractivity contribution in [1.82, 2.24) is 20.3 Å². The summed E-state index contributed by atoms with van der Waals surface area (Å²) in [6.07, 6.45) is -3.26. The van der Waals surface area contributed by atoms with E-state index in [1.165, 1.54) is 7.11 Å². The van der Waals surface area contributed by atoms with E-state index in [4.69, 9.17) is 10.5 Å². The minimum atomic E-state index is -4.92. The number of alkyl halides is 3. The van der Waals surface area contributed by atoms with Gasteiger partial charge in [0.05, 0.1) is 22.9 Å². The summed E-state index contributed by atoms with van der Waals surface area (Å²) in [6, 6.07) is 2.70. The number of benzene rings is 2. The van der Waals surface area contributed by atoms with Gasteiger partial charge in [0.2, 0.25) is 0 Å². The number of fused-ring (bicyclic) bond motifs is 2. The summed E-state index contributed by atoms with van der Waals surface area (Å²) in [6.45, 7) is 5.13. The van der Waals surface area contributed by atoms with Crippen LogP contribution in [0.5, 0.6) is 6.01 Å². The van der Waals surface area contributed by atoms with Gasteiger partial charge in [-0.25, -0.2) is 13.8 Å². The second-order valence-corrected chi connectivity index (χ2v) is 9.09. The average Bonchev–Trinajstić information content (AvgIpc) is 3.56. The molecule has 13 heteroatoms. The lowest BCUT2D eigenvalue weighted by Gasteiger charge is -2.21. The Bertz CT molecular complexity index is 1420. The first kappa shape index (κ1) is 29.2. The molecule has 1 aliphatic rings. The molecule has 2 aromatic heterocycles. The Morgan fingerprint density at radius 3 is 2.24 bits per heavy atom. The number of nitrogens with two attached hydrogens (primary N) is 1. The van der Waals surface area contributed by atoms with E-state index in [1.807, 2.05) is 27.9 Å². The number of ether oxygens (including phenoxy) is 1. The average molecular weight is 557 g/mol. The number of aromatic nitrogens is 3. The van der Waals surface area contributed by atoms with Crippen LogP contribution in [-0.4, -0.2) is 49.2 Å². The van der Waals surface area contributed by atoms with E-state index in [2.05, 4.69) is 20.3 Å². The molecule has 0 radical (unpaired) electrons. The minimum Gasteiger partial charge on any atom is -0.467 e. The summed E-state index contributed by atoms with van der Waals surface area (Å²) in [7, 11) is 5.04. The van der Waals surface area contributed by atoms with Crippen molar-refractivity contribution in [3.8, 4) is 17.1 Å². The van der Waals surface area contributed by atoms with Gasteiger partial charge in [-0.05, 0) is 45.1 Å². The largest absolute Gasteiger partial charge is 0.467 e. The van der Waals surface area contributed by atoms with Crippen molar-refractivity contribution in [1.29, 1.82) is 0 Å². The van der Waals surface area contributed by atoms with E-state index in [0.29, 0.717) is 13.1 Å². The van der Waals surface area contributed by atoms with Gasteiger partial charge in [-0.1, -0.05) is 25.2 Å². The maximum absolute atomic E-state index is 16.0. The van der Waals surface area contributed by atoms with Gasteiger partial charge in [0, 0.05) is 29.6 Å². The highest BCUT2D eigenvalue weighted by molar-refractivity contribution is 7.22. The quantitative estimate of drug-likeness (QED) is 0.288. The summed E-state index contributed by atoms with van der Waals surface area (Å²) in [5.74, 6) is -1.76. The van der Waals surface area contributed by atoms with E-state index in [-0.39, 0.29) is 43.6 Å². The van der Waals surface area contributed by atoms with E-state index >= 15 is 4.39 Å². The second-order valence-electron chi connectivity index (χ2n) is 8.06. The molecule has 7 nitrogen and oxygen atoms in total. The number of halogens is 5. The molecule has 0 amide bonds. The highest BCUT2D eigenvalue weighted by Crippen LogP contribution is 2.46. The fourth-order valence-electron chi connectivity index (χ4n) is 4.13. The van der Waals surface area contributed by atoms with Crippen molar-refractivity contribution >= 4 is 43.4 Å². The zero-order valence-corrected chi connectivity index (χ0v) is 22.4. The van der Waals surface area contributed by atoms with Crippen molar-refractivity contribution in [2.24, 2.45) is 0 Å². The van der Waals surface area contributed by atoms with Crippen LogP contribution in [0, 0.1) is 11.6 Å². The van der Waals surface area contributed by atoms with Crippen LogP contribution in [0.1, 0.15) is 32.3 Å². The maximum Gasteiger partial charge on any atom is 0.417 e. The van der Waals surface area contributed by atoms with Crippen molar-refractivity contribution in [3.63, 3.8) is 0 Å². The third-order valence-electron chi connectivity index (χ3n) is 5.57. The first-order chi connectivity index (χ1) is 18.1. The fourth-order valence-corrected chi connectivity index (χ4v) is 4.90. The van der Waals surface area contributed by atoms with Gasteiger partial charge >= 0.3 is 12.2 Å². The van der Waals surface area contributed by atoms with Crippen LogP contribution < -0.4 is 20.7 Å². The normalized spacial score (nSPS) is 13.3. The Kier molecular flexibility index (Phi) is 9.26. The fraction of sp³-hybridized carbons (Fsp3) is 0.400. The summed E-state index contributed by atoms with van der Waals surface area (Å²) in [4.78, 5) is 14.0. The summed E-state index contributed by atoms with van der Waals surface area (Å²) < 4.78 is 77.9. The molecule has 0 saturated carbocycles. The number of hydrogen-bond donors (Lipinski definition) is 2. The highest BCUT2D eigenvalue weighted by Gasteiger charge is 2.38. The van der Waals surface area contributed by atoms with Gasteiger partial charge in [0.25, 0.3) is 0 Å². The number of nitrogens with zero attached hydrogens (tertiary/aromatic N) is 4. The number of anilines is 2.